The van der Waals surface area contributed by atoms with Gasteiger partial charge in [-0.2, -0.15) is 17.6 Å². The topological polar surface area (TPSA) is 104 Å². The fourth-order valence-corrected chi connectivity index (χ4v) is 2.22. The van der Waals surface area contributed by atoms with Crippen LogP contribution in [0.25, 0.3) is 0 Å². The standard InChI is InChI=1S/C16H21F6O6.Na/c1-3-9(7-10(12(25)26)6-8(2)11(23)24)13(27)28-5-4-15(19,20)16(21,22)14(17)18;/h4,8-10,14H,3,5-7H2,1-2H3,(H,23,24)(H,25,26);/q;+1/p-1. The molecule has 0 aromatic carbocycles. The predicted octanol–water partition coefficient (Wildman–Crippen LogP) is -0.833. The molecule has 163 valence electrons. The third kappa shape index (κ3) is 9.12. The van der Waals surface area contributed by atoms with Crippen molar-refractivity contribution in [2.75, 3.05) is 6.61 Å². The monoisotopic (exact) mass is 445 g/mol. The van der Waals surface area contributed by atoms with Crippen LogP contribution in [-0.2, 0) is 19.1 Å². The number of hydrogen-bond acceptors (Lipinski definition) is 5. The molecule has 0 aromatic heterocycles. The van der Waals surface area contributed by atoms with Crippen molar-refractivity contribution in [3.63, 3.8) is 0 Å². The summed E-state index contributed by atoms with van der Waals surface area (Å²) < 4.78 is 80.0. The predicted molar refractivity (Wildman–Crippen MR) is 79.5 cm³/mol. The Bertz CT molecular complexity index is 560. The van der Waals surface area contributed by atoms with Gasteiger partial charge in [0.2, 0.25) is 0 Å². The largest absolute Gasteiger partial charge is 1.00 e. The number of aliphatic carboxylic acids is 2. The molecule has 0 bridgehead atoms. The van der Waals surface area contributed by atoms with Gasteiger partial charge in [0, 0.05) is 11.9 Å². The van der Waals surface area contributed by atoms with Gasteiger partial charge in [-0.25, -0.2) is 8.78 Å². The molecule has 0 amide bonds. The molecule has 0 saturated carbocycles. The van der Waals surface area contributed by atoms with Crippen LogP contribution in [0.3, 0.4) is 0 Å². The Labute approximate surface area is 185 Å². The molecule has 0 spiro atoms. The molecule has 1 radical (unpaired) electrons. The number of carbonyl (C=O) groups is 3. The summed E-state index contributed by atoms with van der Waals surface area (Å²) in [6.07, 6.45) is -6.05. The van der Waals surface area contributed by atoms with Crippen molar-refractivity contribution in [3.05, 3.63) is 6.42 Å². The van der Waals surface area contributed by atoms with Crippen molar-refractivity contribution < 1.29 is 85.2 Å². The van der Waals surface area contributed by atoms with E-state index < -0.39 is 73.4 Å². The SMILES string of the molecule is CCC(CC(CC(C)C(=O)O)C(=O)[O-])C(=O)OC[CH]C(F)(F)C(F)(F)C(F)F.[Na+]. The van der Waals surface area contributed by atoms with Gasteiger partial charge in [-0.15, -0.1) is 0 Å². The van der Waals surface area contributed by atoms with E-state index in [1.165, 1.54) is 13.8 Å². The van der Waals surface area contributed by atoms with Crippen molar-refractivity contribution in [2.24, 2.45) is 17.8 Å². The van der Waals surface area contributed by atoms with Crippen LogP contribution >= 0.6 is 0 Å². The Balaban J connectivity index is 0. The maximum Gasteiger partial charge on any atom is 1.00 e. The number of alkyl halides is 6. The number of esters is 1. The van der Waals surface area contributed by atoms with E-state index in [2.05, 4.69) is 4.74 Å². The normalized spacial score (nSPS) is 15.2. The van der Waals surface area contributed by atoms with Gasteiger partial charge in [-0.1, -0.05) is 13.8 Å². The summed E-state index contributed by atoms with van der Waals surface area (Å²) in [5.41, 5.74) is 0. The summed E-state index contributed by atoms with van der Waals surface area (Å²) in [5, 5.41) is 20.0. The maximum absolute atomic E-state index is 13.1. The zero-order chi connectivity index (χ0) is 22.3. The Hall–Kier alpha value is -1.01. The van der Waals surface area contributed by atoms with E-state index in [0.29, 0.717) is 0 Å². The molecule has 0 aliphatic heterocycles. The van der Waals surface area contributed by atoms with E-state index in [1.54, 1.807) is 0 Å². The van der Waals surface area contributed by atoms with Crippen LogP contribution in [0.5, 0.6) is 0 Å². The molecule has 6 nitrogen and oxygen atoms in total. The fraction of sp³-hybridized carbons (Fsp3) is 0.750. The first kappa shape index (κ1) is 30.2. The van der Waals surface area contributed by atoms with Gasteiger partial charge < -0.3 is 19.7 Å². The zero-order valence-electron chi connectivity index (χ0n) is 16.0. The average Bonchev–Trinajstić information content (AvgIpc) is 2.57. The molecule has 3 unspecified atom stereocenters. The number of carboxylic acid groups (broad SMARTS) is 2. The van der Waals surface area contributed by atoms with E-state index in [9.17, 15) is 45.8 Å². The second kappa shape index (κ2) is 12.6. The molecule has 3 atom stereocenters. The van der Waals surface area contributed by atoms with Crippen molar-refractivity contribution in [2.45, 2.75) is 51.4 Å². The van der Waals surface area contributed by atoms with Gasteiger partial charge in [-0.3, -0.25) is 9.59 Å². The van der Waals surface area contributed by atoms with Crippen LogP contribution < -0.4 is 34.7 Å². The second-order valence-corrected chi connectivity index (χ2v) is 6.21. The number of halogens is 6. The van der Waals surface area contributed by atoms with Gasteiger partial charge in [0.05, 0.1) is 18.3 Å². The average molecular weight is 445 g/mol. The van der Waals surface area contributed by atoms with Crippen LogP contribution in [0.1, 0.15) is 33.1 Å². The van der Waals surface area contributed by atoms with Crippen LogP contribution in [0.2, 0.25) is 0 Å². The van der Waals surface area contributed by atoms with E-state index in [0.717, 1.165) is 0 Å². The van der Waals surface area contributed by atoms with Crippen molar-refractivity contribution in [3.8, 4) is 0 Å². The fourth-order valence-electron chi connectivity index (χ4n) is 2.22. The van der Waals surface area contributed by atoms with Crippen LogP contribution in [0.15, 0.2) is 0 Å². The van der Waals surface area contributed by atoms with Gasteiger partial charge >= 0.3 is 59.8 Å². The Morgan fingerprint density at radius 3 is 2.00 bits per heavy atom. The summed E-state index contributed by atoms with van der Waals surface area (Å²) in [7, 11) is 0. The van der Waals surface area contributed by atoms with E-state index in [4.69, 9.17) is 5.11 Å². The van der Waals surface area contributed by atoms with Crippen LogP contribution in [-0.4, -0.2) is 47.9 Å². The third-order valence-electron chi connectivity index (χ3n) is 4.07. The summed E-state index contributed by atoms with van der Waals surface area (Å²) in [6, 6.07) is 0. The third-order valence-corrected chi connectivity index (χ3v) is 4.07. The maximum atomic E-state index is 13.1. The number of ether oxygens (including phenoxy) is 1. The second-order valence-electron chi connectivity index (χ2n) is 6.21. The van der Waals surface area contributed by atoms with E-state index >= 15 is 0 Å². The molecular formula is C16H20F6NaO6. The number of carbonyl (C=O) groups excluding carboxylic acids is 2. The van der Waals surface area contributed by atoms with Gasteiger partial charge in [0.1, 0.15) is 6.61 Å². The Morgan fingerprint density at radius 2 is 1.62 bits per heavy atom. The summed E-state index contributed by atoms with van der Waals surface area (Å²) >= 11 is 0. The molecule has 0 fully saturated rings. The van der Waals surface area contributed by atoms with Crippen LogP contribution in [0.4, 0.5) is 26.3 Å². The Kier molecular flexibility index (Phi) is 13.1. The molecule has 13 heteroatoms. The number of hydrogen-bond donors (Lipinski definition) is 1. The van der Waals surface area contributed by atoms with Gasteiger partial charge in [-0.05, 0) is 19.3 Å². The van der Waals surface area contributed by atoms with Gasteiger partial charge in [0.15, 0.2) is 0 Å². The van der Waals surface area contributed by atoms with Crippen molar-refractivity contribution >= 4 is 17.9 Å². The first-order chi connectivity index (χ1) is 12.7. The molecular weight excluding hydrogens is 425 g/mol. The molecule has 0 aliphatic rings. The minimum absolute atomic E-state index is 0. The quantitative estimate of drug-likeness (QED) is 0.226. The molecule has 1 N–H and O–H groups in total. The van der Waals surface area contributed by atoms with Crippen LogP contribution in [0, 0.1) is 24.2 Å². The van der Waals surface area contributed by atoms with Gasteiger partial charge in [0.25, 0.3) is 0 Å². The molecule has 0 aliphatic carbocycles. The van der Waals surface area contributed by atoms with E-state index in [-0.39, 0.29) is 42.4 Å². The minimum atomic E-state index is -5.66. The first-order valence-corrected chi connectivity index (χ1v) is 8.15. The molecule has 29 heavy (non-hydrogen) atoms. The molecule has 0 heterocycles. The molecule has 0 aromatic rings. The zero-order valence-corrected chi connectivity index (χ0v) is 18.0. The van der Waals surface area contributed by atoms with Crippen molar-refractivity contribution in [1.82, 2.24) is 0 Å². The molecule has 0 saturated heterocycles. The summed E-state index contributed by atoms with van der Waals surface area (Å²) in [6.45, 7) is 1.24. The minimum Gasteiger partial charge on any atom is -0.550 e. The summed E-state index contributed by atoms with van der Waals surface area (Å²) in [5.74, 6) is -18.6. The first-order valence-electron chi connectivity index (χ1n) is 8.15. The number of rotatable bonds is 13. The Morgan fingerprint density at radius 1 is 1.10 bits per heavy atom. The smallest absolute Gasteiger partial charge is 0.550 e. The summed E-state index contributed by atoms with van der Waals surface area (Å²) in [4.78, 5) is 33.8. The van der Waals surface area contributed by atoms with E-state index in [1.807, 2.05) is 0 Å². The van der Waals surface area contributed by atoms with Crippen molar-refractivity contribution in [1.29, 1.82) is 0 Å². The number of carboxylic acids is 2. The molecule has 0 rings (SSSR count).